The molecule has 0 saturated heterocycles. The van der Waals surface area contributed by atoms with Crippen LogP contribution in [0.2, 0.25) is 0 Å². The first-order chi connectivity index (χ1) is 13.8. The summed E-state index contributed by atoms with van der Waals surface area (Å²) in [4.78, 5) is 36.2. The molecule has 0 aliphatic carbocycles. The van der Waals surface area contributed by atoms with E-state index in [1.807, 2.05) is 32.9 Å². The SMILES string of the molecule is CCOc1ccccc1C(=O)OCC(=O)NCC(=O)Nc1c(C)cc(C)cc1C. The van der Waals surface area contributed by atoms with Gasteiger partial charge in [0.25, 0.3) is 5.91 Å². The predicted octanol–water partition coefficient (Wildman–Crippen LogP) is 2.92. The molecule has 7 nitrogen and oxygen atoms in total. The molecule has 0 aromatic heterocycles. The quantitative estimate of drug-likeness (QED) is 0.667. The summed E-state index contributed by atoms with van der Waals surface area (Å²) in [7, 11) is 0. The summed E-state index contributed by atoms with van der Waals surface area (Å²) < 4.78 is 10.4. The molecule has 2 amide bonds. The van der Waals surface area contributed by atoms with E-state index in [9.17, 15) is 14.4 Å². The second-order valence-corrected chi connectivity index (χ2v) is 6.60. The molecule has 0 radical (unpaired) electrons. The van der Waals surface area contributed by atoms with Crippen molar-refractivity contribution in [1.82, 2.24) is 5.32 Å². The average Bonchev–Trinajstić information content (AvgIpc) is 2.68. The maximum Gasteiger partial charge on any atom is 0.342 e. The Balaban J connectivity index is 1.83. The highest BCUT2D eigenvalue weighted by Gasteiger charge is 2.16. The van der Waals surface area contributed by atoms with E-state index < -0.39 is 18.5 Å². The monoisotopic (exact) mass is 398 g/mol. The fourth-order valence-corrected chi connectivity index (χ4v) is 2.92. The minimum atomic E-state index is -0.667. The van der Waals surface area contributed by atoms with Crippen molar-refractivity contribution in [2.24, 2.45) is 0 Å². The van der Waals surface area contributed by atoms with Crippen LogP contribution in [0.25, 0.3) is 0 Å². The fourth-order valence-electron chi connectivity index (χ4n) is 2.92. The molecule has 2 aromatic carbocycles. The van der Waals surface area contributed by atoms with Crippen LogP contribution in [-0.4, -0.2) is 37.5 Å². The van der Waals surface area contributed by atoms with Gasteiger partial charge in [0, 0.05) is 5.69 Å². The number of aryl methyl sites for hydroxylation is 3. The number of nitrogens with one attached hydrogen (secondary N) is 2. The number of rotatable bonds is 8. The first-order valence-corrected chi connectivity index (χ1v) is 9.35. The number of ether oxygens (including phenoxy) is 2. The van der Waals surface area contributed by atoms with Gasteiger partial charge in [-0.3, -0.25) is 9.59 Å². The molecule has 0 aliphatic rings. The molecule has 7 heteroatoms. The molecule has 2 N–H and O–H groups in total. The Kier molecular flexibility index (Phi) is 7.77. The van der Waals surface area contributed by atoms with Crippen LogP contribution in [0.15, 0.2) is 36.4 Å². The van der Waals surface area contributed by atoms with Crippen molar-refractivity contribution >= 4 is 23.5 Å². The van der Waals surface area contributed by atoms with Gasteiger partial charge in [-0.15, -0.1) is 0 Å². The van der Waals surface area contributed by atoms with Gasteiger partial charge in [0.2, 0.25) is 5.91 Å². The van der Waals surface area contributed by atoms with E-state index in [1.54, 1.807) is 31.2 Å². The van der Waals surface area contributed by atoms with E-state index in [2.05, 4.69) is 10.6 Å². The fraction of sp³-hybridized carbons (Fsp3) is 0.318. The molecular weight excluding hydrogens is 372 g/mol. The van der Waals surface area contributed by atoms with Gasteiger partial charge in [0.05, 0.1) is 13.2 Å². The van der Waals surface area contributed by atoms with Crippen LogP contribution in [-0.2, 0) is 14.3 Å². The topological polar surface area (TPSA) is 93.7 Å². The number of para-hydroxylation sites is 1. The summed E-state index contributed by atoms with van der Waals surface area (Å²) in [5, 5.41) is 5.24. The second-order valence-electron chi connectivity index (χ2n) is 6.60. The van der Waals surface area contributed by atoms with E-state index in [-0.39, 0.29) is 18.0 Å². The highest BCUT2D eigenvalue weighted by Crippen LogP contribution is 2.21. The van der Waals surface area contributed by atoms with Gasteiger partial charge < -0.3 is 20.1 Å². The van der Waals surface area contributed by atoms with Crippen molar-refractivity contribution in [3.05, 3.63) is 58.7 Å². The average molecular weight is 398 g/mol. The summed E-state index contributed by atoms with van der Waals surface area (Å²) in [6.45, 7) is 7.30. The van der Waals surface area contributed by atoms with Gasteiger partial charge >= 0.3 is 5.97 Å². The Hall–Kier alpha value is -3.35. The van der Waals surface area contributed by atoms with Gasteiger partial charge in [0.15, 0.2) is 6.61 Å². The normalized spacial score (nSPS) is 10.2. The minimum Gasteiger partial charge on any atom is -0.493 e. The van der Waals surface area contributed by atoms with Gasteiger partial charge in [-0.05, 0) is 51.0 Å². The van der Waals surface area contributed by atoms with Crippen LogP contribution in [0.3, 0.4) is 0 Å². The smallest absolute Gasteiger partial charge is 0.342 e. The van der Waals surface area contributed by atoms with Crippen molar-refractivity contribution in [3.63, 3.8) is 0 Å². The van der Waals surface area contributed by atoms with E-state index >= 15 is 0 Å². The van der Waals surface area contributed by atoms with Crippen LogP contribution < -0.4 is 15.4 Å². The Morgan fingerprint density at radius 2 is 1.62 bits per heavy atom. The summed E-state index contributed by atoms with van der Waals surface area (Å²) in [5.41, 5.74) is 3.98. The van der Waals surface area contributed by atoms with Crippen molar-refractivity contribution in [2.45, 2.75) is 27.7 Å². The number of amides is 2. The highest BCUT2D eigenvalue weighted by molar-refractivity contribution is 5.97. The highest BCUT2D eigenvalue weighted by atomic mass is 16.5. The number of hydrogen-bond acceptors (Lipinski definition) is 5. The third kappa shape index (κ3) is 6.34. The molecule has 0 spiro atoms. The number of anilines is 1. The maximum atomic E-state index is 12.2. The minimum absolute atomic E-state index is 0.224. The molecule has 0 atom stereocenters. The molecule has 0 saturated carbocycles. The Bertz CT molecular complexity index is 885. The Labute approximate surface area is 170 Å². The van der Waals surface area contributed by atoms with Crippen molar-refractivity contribution < 1.29 is 23.9 Å². The maximum absolute atomic E-state index is 12.2. The van der Waals surface area contributed by atoms with Crippen LogP contribution in [0, 0.1) is 20.8 Å². The Morgan fingerprint density at radius 1 is 0.966 bits per heavy atom. The second kappa shape index (κ2) is 10.3. The van der Waals surface area contributed by atoms with Crippen LogP contribution >= 0.6 is 0 Å². The van der Waals surface area contributed by atoms with Gasteiger partial charge in [-0.1, -0.05) is 29.8 Å². The molecule has 29 heavy (non-hydrogen) atoms. The zero-order chi connectivity index (χ0) is 21.4. The van der Waals surface area contributed by atoms with Crippen molar-refractivity contribution in [3.8, 4) is 5.75 Å². The lowest BCUT2D eigenvalue weighted by Gasteiger charge is -2.13. The number of carbonyl (C=O) groups excluding carboxylic acids is 3. The summed E-state index contributed by atoms with van der Waals surface area (Å²) >= 11 is 0. The number of hydrogen-bond donors (Lipinski definition) is 2. The molecule has 0 fully saturated rings. The third-order valence-corrected chi connectivity index (χ3v) is 4.13. The summed E-state index contributed by atoms with van der Waals surface area (Å²) in [5.74, 6) is -1.20. The van der Waals surface area contributed by atoms with Gasteiger partial charge in [0.1, 0.15) is 11.3 Å². The standard InChI is InChI=1S/C22H26N2O5/c1-5-28-18-9-7-6-8-17(18)22(27)29-13-20(26)23-12-19(25)24-21-15(3)10-14(2)11-16(21)4/h6-11H,5,12-13H2,1-4H3,(H,23,26)(H,24,25). The largest absolute Gasteiger partial charge is 0.493 e. The van der Waals surface area contributed by atoms with Crippen LogP contribution in [0.5, 0.6) is 5.75 Å². The number of esters is 1. The molecule has 2 aromatic rings. The molecule has 154 valence electrons. The van der Waals surface area contributed by atoms with E-state index in [0.29, 0.717) is 12.4 Å². The first kappa shape index (κ1) is 21.9. The predicted molar refractivity (Wildman–Crippen MR) is 110 cm³/mol. The van der Waals surface area contributed by atoms with Crippen molar-refractivity contribution in [1.29, 1.82) is 0 Å². The molecular formula is C22H26N2O5. The van der Waals surface area contributed by atoms with Crippen LogP contribution in [0.1, 0.15) is 34.0 Å². The van der Waals surface area contributed by atoms with Crippen molar-refractivity contribution in [2.75, 3.05) is 25.1 Å². The summed E-state index contributed by atoms with van der Waals surface area (Å²) in [6, 6.07) is 10.6. The summed E-state index contributed by atoms with van der Waals surface area (Å²) in [6.07, 6.45) is 0. The molecule has 0 bridgehead atoms. The van der Waals surface area contributed by atoms with E-state index in [0.717, 1.165) is 22.4 Å². The number of benzene rings is 2. The molecule has 0 aliphatic heterocycles. The van der Waals surface area contributed by atoms with E-state index in [4.69, 9.17) is 9.47 Å². The van der Waals surface area contributed by atoms with Gasteiger partial charge in [-0.2, -0.15) is 0 Å². The van der Waals surface area contributed by atoms with Gasteiger partial charge in [-0.25, -0.2) is 4.79 Å². The molecule has 0 unspecified atom stereocenters. The third-order valence-electron chi connectivity index (χ3n) is 4.13. The molecule has 0 heterocycles. The zero-order valence-electron chi connectivity index (χ0n) is 17.1. The van der Waals surface area contributed by atoms with Crippen LogP contribution in [0.4, 0.5) is 5.69 Å². The lowest BCUT2D eigenvalue weighted by molar-refractivity contribution is -0.126. The molecule has 2 rings (SSSR count). The lowest BCUT2D eigenvalue weighted by Crippen LogP contribution is -2.35. The zero-order valence-corrected chi connectivity index (χ0v) is 17.1. The lowest BCUT2D eigenvalue weighted by atomic mass is 10.1. The number of carbonyl (C=O) groups is 3. The Morgan fingerprint density at radius 3 is 2.28 bits per heavy atom. The van der Waals surface area contributed by atoms with E-state index in [1.165, 1.54) is 0 Å². The first-order valence-electron chi connectivity index (χ1n) is 9.35.